The number of likely N-dealkylation sites (N-methyl/N-ethyl adjacent to an activating group) is 1. The normalized spacial score (nSPS) is 14.8. The number of hydrogen-bond donors (Lipinski definition) is 1. The number of anilines is 1. The highest BCUT2D eigenvalue weighted by Gasteiger charge is 2.21. The molecule has 0 atom stereocenters. The van der Waals surface area contributed by atoms with Crippen LogP contribution < -0.4 is 4.90 Å². The molecule has 0 amide bonds. The number of ether oxygens (including phenoxy) is 1. The minimum Gasteiger partial charge on any atom is -0.392 e. The maximum absolute atomic E-state index is 9.07. The Morgan fingerprint density at radius 2 is 2.22 bits per heavy atom. The van der Waals surface area contributed by atoms with Gasteiger partial charge in [-0.25, -0.2) is 0 Å². The van der Waals surface area contributed by atoms with Crippen LogP contribution in [0.5, 0.6) is 0 Å². The Morgan fingerprint density at radius 1 is 1.44 bits per heavy atom. The van der Waals surface area contributed by atoms with E-state index in [4.69, 9.17) is 9.84 Å². The summed E-state index contributed by atoms with van der Waals surface area (Å²) in [5.41, 5.74) is 2.05. The quantitative estimate of drug-likeness (QED) is 0.786. The monoisotopic (exact) mass is 313 g/mol. The van der Waals surface area contributed by atoms with E-state index in [1.807, 2.05) is 18.2 Å². The fourth-order valence-electron chi connectivity index (χ4n) is 1.81. The van der Waals surface area contributed by atoms with E-state index in [-0.39, 0.29) is 6.61 Å². The number of benzene rings is 1. The molecule has 2 rings (SSSR count). The van der Waals surface area contributed by atoms with Gasteiger partial charge in [0.25, 0.3) is 0 Å². The minimum atomic E-state index is 0.0765. The first-order chi connectivity index (χ1) is 8.70. The van der Waals surface area contributed by atoms with Crippen molar-refractivity contribution in [1.82, 2.24) is 0 Å². The molecule has 18 heavy (non-hydrogen) atoms. The summed E-state index contributed by atoms with van der Waals surface area (Å²) in [6, 6.07) is 5.93. The van der Waals surface area contributed by atoms with Gasteiger partial charge in [-0.2, -0.15) is 0 Å². The molecule has 0 radical (unpaired) electrons. The zero-order chi connectivity index (χ0) is 13.0. The highest BCUT2D eigenvalue weighted by molar-refractivity contribution is 9.10. The Kier molecular flexibility index (Phi) is 5.03. The summed E-state index contributed by atoms with van der Waals surface area (Å²) >= 11 is 3.54. The van der Waals surface area contributed by atoms with Crippen LogP contribution in [0.25, 0.3) is 0 Å². The fourth-order valence-corrected chi connectivity index (χ4v) is 2.54. The predicted molar refractivity (Wildman–Crippen MR) is 76.9 cm³/mol. The van der Waals surface area contributed by atoms with Crippen molar-refractivity contribution in [3.05, 3.63) is 28.2 Å². The van der Waals surface area contributed by atoms with Crippen LogP contribution in [0.1, 0.15) is 18.4 Å². The molecule has 1 N–H and O–H groups in total. The molecular weight excluding hydrogens is 294 g/mol. The molecule has 1 aliphatic rings. The van der Waals surface area contributed by atoms with E-state index in [1.165, 1.54) is 12.8 Å². The Morgan fingerprint density at radius 3 is 2.83 bits per heavy atom. The van der Waals surface area contributed by atoms with Gasteiger partial charge in [-0.05, 0) is 52.4 Å². The van der Waals surface area contributed by atoms with Crippen LogP contribution in [0, 0.1) is 5.92 Å². The Bertz CT molecular complexity index is 393. The number of nitrogens with zero attached hydrogens (tertiary/aromatic N) is 1. The van der Waals surface area contributed by atoms with Crippen LogP contribution in [-0.2, 0) is 11.3 Å². The van der Waals surface area contributed by atoms with Crippen molar-refractivity contribution in [3.63, 3.8) is 0 Å². The average molecular weight is 314 g/mol. The molecule has 0 spiro atoms. The minimum absolute atomic E-state index is 0.0765. The average Bonchev–Trinajstić information content (AvgIpc) is 3.18. The van der Waals surface area contributed by atoms with Crippen LogP contribution >= 0.6 is 15.9 Å². The van der Waals surface area contributed by atoms with E-state index in [2.05, 4.69) is 27.9 Å². The first-order valence-electron chi connectivity index (χ1n) is 6.39. The molecule has 100 valence electrons. The lowest BCUT2D eigenvalue weighted by atomic mass is 10.2. The Labute approximate surface area is 117 Å². The van der Waals surface area contributed by atoms with Gasteiger partial charge in [0.1, 0.15) is 0 Å². The molecule has 0 unspecified atom stereocenters. The van der Waals surface area contributed by atoms with E-state index in [1.54, 1.807) is 0 Å². The fraction of sp³-hybridized carbons (Fsp3) is 0.571. The van der Waals surface area contributed by atoms with Gasteiger partial charge < -0.3 is 14.7 Å². The third-order valence-corrected chi connectivity index (χ3v) is 3.86. The molecule has 1 aliphatic carbocycles. The van der Waals surface area contributed by atoms with Crippen molar-refractivity contribution < 1.29 is 9.84 Å². The summed E-state index contributed by atoms with van der Waals surface area (Å²) in [6.45, 7) is 2.64. The molecule has 4 heteroatoms. The summed E-state index contributed by atoms with van der Waals surface area (Å²) < 4.78 is 6.65. The van der Waals surface area contributed by atoms with E-state index < -0.39 is 0 Å². The lowest BCUT2D eigenvalue weighted by Gasteiger charge is -2.21. The van der Waals surface area contributed by atoms with Crippen LogP contribution in [0.2, 0.25) is 0 Å². The molecule has 1 aromatic rings. The van der Waals surface area contributed by atoms with Gasteiger partial charge in [-0.15, -0.1) is 0 Å². The second-order valence-electron chi connectivity index (χ2n) is 4.88. The van der Waals surface area contributed by atoms with Gasteiger partial charge >= 0.3 is 0 Å². The SMILES string of the molecule is CN(CCOCC1CC1)c1ccc(CO)cc1Br. The molecule has 1 aromatic carbocycles. The summed E-state index contributed by atoms with van der Waals surface area (Å²) in [5.74, 6) is 0.825. The third kappa shape index (κ3) is 3.97. The molecule has 0 saturated heterocycles. The lowest BCUT2D eigenvalue weighted by molar-refractivity contribution is 0.131. The number of hydrogen-bond acceptors (Lipinski definition) is 3. The van der Waals surface area contributed by atoms with Gasteiger partial charge in [0, 0.05) is 24.7 Å². The van der Waals surface area contributed by atoms with Crippen molar-refractivity contribution in [1.29, 1.82) is 0 Å². The number of aliphatic hydroxyl groups excluding tert-OH is 1. The molecule has 1 fully saturated rings. The van der Waals surface area contributed by atoms with Crippen LogP contribution in [-0.4, -0.2) is 31.9 Å². The summed E-state index contributed by atoms with van der Waals surface area (Å²) in [7, 11) is 2.05. The standard InChI is InChI=1S/C14H20BrNO2/c1-16(6-7-18-10-11-2-3-11)14-5-4-12(9-17)8-13(14)15/h4-5,8,11,17H,2-3,6-7,9-10H2,1H3. The first kappa shape index (κ1) is 13.8. The third-order valence-electron chi connectivity index (χ3n) is 3.23. The molecule has 0 aromatic heterocycles. The predicted octanol–water partition coefficient (Wildman–Crippen LogP) is 2.80. The van der Waals surface area contributed by atoms with Gasteiger partial charge in [0.2, 0.25) is 0 Å². The van der Waals surface area contributed by atoms with Crippen molar-refractivity contribution in [3.8, 4) is 0 Å². The van der Waals surface area contributed by atoms with E-state index in [9.17, 15) is 0 Å². The van der Waals surface area contributed by atoms with Gasteiger partial charge in [-0.1, -0.05) is 6.07 Å². The van der Waals surface area contributed by atoms with Gasteiger partial charge in [0.15, 0.2) is 0 Å². The Balaban J connectivity index is 1.81. The number of rotatable bonds is 7. The first-order valence-corrected chi connectivity index (χ1v) is 7.18. The second-order valence-corrected chi connectivity index (χ2v) is 5.74. The van der Waals surface area contributed by atoms with Crippen LogP contribution in [0.3, 0.4) is 0 Å². The lowest BCUT2D eigenvalue weighted by Crippen LogP contribution is -2.23. The maximum atomic E-state index is 9.07. The zero-order valence-corrected chi connectivity index (χ0v) is 12.3. The van der Waals surface area contributed by atoms with Crippen molar-refractivity contribution in [2.24, 2.45) is 5.92 Å². The summed E-state index contributed by atoms with van der Waals surface area (Å²) in [5, 5.41) is 9.07. The molecule has 0 bridgehead atoms. The molecular formula is C14H20BrNO2. The Hall–Kier alpha value is -0.580. The molecule has 1 saturated carbocycles. The smallest absolute Gasteiger partial charge is 0.0682 e. The maximum Gasteiger partial charge on any atom is 0.0682 e. The van der Waals surface area contributed by atoms with Crippen LogP contribution in [0.4, 0.5) is 5.69 Å². The second kappa shape index (κ2) is 6.55. The van der Waals surface area contributed by atoms with Gasteiger partial charge in [-0.3, -0.25) is 0 Å². The van der Waals surface area contributed by atoms with Crippen molar-refractivity contribution >= 4 is 21.6 Å². The molecule has 0 aliphatic heterocycles. The van der Waals surface area contributed by atoms with Gasteiger partial charge in [0.05, 0.1) is 18.9 Å². The number of aliphatic hydroxyl groups is 1. The highest BCUT2D eigenvalue weighted by Crippen LogP contribution is 2.29. The highest BCUT2D eigenvalue weighted by atomic mass is 79.9. The topological polar surface area (TPSA) is 32.7 Å². The number of halogens is 1. The molecule has 0 heterocycles. The van der Waals surface area contributed by atoms with Crippen molar-refractivity contribution in [2.75, 3.05) is 31.7 Å². The van der Waals surface area contributed by atoms with E-state index in [0.29, 0.717) is 0 Å². The molecule has 3 nitrogen and oxygen atoms in total. The van der Waals surface area contributed by atoms with Crippen molar-refractivity contribution in [2.45, 2.75) is 19.4 Å². The summed E-state index contributed by atoms with van der Waals surface area (Å²) in [4.78, 5) is 2.16. The summed E-state index contributed by atoms with van der Waals surface area (Å²) in [6.07, 6.45) is 2.67. The zero-order valence-electron chi connectivity index (χ0n) is 10.7. The van der Waals surface area contributed by atoms with E-state index in [0.717, 1.165) is 41.4 Å². The van der Waals surface area contributed by atoms with E-state index >= 15 is 0 Å². The van der Waals surface area contributed by atoms with Crippen LogP contribution in [0.15, 0.2) is 22.7 Å². The largest absolute Gasteiger partial charge is 0.392 e.